The number of halogens is 2. The van der Waals surface area contributed by atoms with Crippen LogP contribution in [0.2, 0.25) is 0 Å². The van der Waals surface area contributed by atoms with E-state index >= 15 is 0 Å². The van der Waals surface area contributed by atoms with Gasteiger partial charge < -0.3 is 4.90 Å². The Bertz CT molecular complexity index is 415. The molecule has 1 aliphatic rings. The van der Waals surface area contributed by atoms with Gasteiger partial charge in [-0.1, -0.05) is 13.3 Å². The molecule has 1 aliphatic heterocycles. The third-order valence-corrected chi connectivity index (χ3v) is 3.89. The molecule has 19 heavy (non-hydrogen) atoms. The molecule has 1 heterocycles. The number of rotatable bonds is 4. The predicted molar refractivity (Wildman–Crippen MR) is 74.5 cm³/mol. The zero-order chi connectivity index (χ0) is 13.8. The van der Waals surface area contributed by atoms with Gasteiger partial charge in [0.05, 0.1) is 5.69 Å². The smallest absolute Gasteiger partial charge is 0.149 e. The Morgan fingerprint density at radius 1 is 1.16 bits per heavy atom. The third kappa shape index (κ3) is 3.44. The SMILES string of the molecule is CCCC(C)N1CCN(c2ccc(F)cc2F)CC1. The third-order valence-electron chi connectivity index (χ3n) is 3.89. The van der Waals surface area contributed by atoms with E-state index in [1.54, 1.807) is 0 Å². The molecule has 1 unspecified atom stereocenters. The second-order valence-electron chi connectivity index (χ2n) is 5.26. The van der Waals surface area contributed by atoms with E-state index in [9.17, 15) is 8.78 Å². The van der Waals surface area contributed by atoms with Gasteiger partial charge in [0, 0.05) is 38.3 Å². The van der Waals surface area contributed by atoms with Crippen LogP contribution in [0, 0.1) is 11.6 Å². The van der Waals surface area contributed by atoms with Crippen LogP contribution in [0.5, 0.6) is 0 Å². The van der Waals surface area contributed by atoms with Gasteiger partial charge in [-0.3, -0.25) is 4.90 Å². The summed E-state index contributed by atoms with van der Waals surface area (Å²) in [5.41, 5.74) is 0.518. The minimum Gasteiger partial charge on any atom is -0.367 e. The number of hydrogen-bond acceptors (Lipinski definition) is 2. The van der Waals surface area contributed by atoms with Crippen LogP contribution in [0.15, 0.2) is 18.2 Å². The second kappa shape index (κ2) is 6.33. The van der Waals surface area contributed by atoms with Crippen molar-refractivity contribution in [3.63, 3.8) is 0 Å². The fourth-order valence-electron chi connectivity index (χ4n) is 2.74. The summed E-state index contributed by atoms with van der Waals surface area (Å²) in [5, 5.41) is 0. The quantitative estimate of drug-likeness (QED) is 0.827. The first-order chi connectivity index (χ1) is 9.11. The summed E-state index contributed by atoms with van der Waals surface area (Å²) in [6.45, 7) is 7.93. The fraction of sp³-hybridized carbons (Fsp3) is 0.600. The Morgan fingerprint density at radius 2 is 1.84 bits per heavy atom. The summed E-state index contributed by atoms with van der Waals surface area (Å²) >= 11 is 0. The zero-order valence-corrected chi connectivity index (χ0v) is 11.7. The van der Waals surface area contributed by atoms with Crippen LogP contribution in [-0.4, -0.2) is 37.1 Å². The number of benzene rings is 1. The maximum Gasteiger partial charge on any atom is 0.149 e. The molecule has 0 bridgehead atoms. The van der Waals surface area contributed by atoms with Crippen molar-refractivity contribution in [2.24, 2.45) is 0 Å². The number of hydrogen-bond donors (Lipinski definition) is 0. The first-order valence-electron chi connectivity index (χ1n) is 7.06. The molecule has 106 valence electrons. The van der Waals surface area contributed by atoms with Crippen molar-refractivity contribution in [2.45, 2.75) is 32.7 Å². The Hall–Kier alpha value is -1.16. The van der Waals surface area contributed by atoms with Crippen molar-refractivity contribution in [1.29, 1.82) is 0 Å². The Kier molecular flexibility index (Phi) is 4.75. The minimum atomic E-state index is -0.517. The lowest BCUT2D eigenvalue weighted by Crippen LogP contribution is -2.49. The molecule has 0 radical (unpaired) electrons. The predicted octanol–water partition coefficient (Wildman–Crippen LogP) is 3.28. The molecule has 1 aromatic carbocycles. The van der Waals surface area contributed by atoms with E-state index in [-0.39, 0.29) is 0 Å². The average Bonchev–Trinajstić information content (AvgIpc) is 2.39. The monoisotopic (exact) mass is 268 g/mol. The molecule has 2 rings (SSSR count). The van der Waals surface area contributed by atoms with Crippen LogP contribution in [-0.2, 0) is 0 Å². The summed E-state index contributed by atoms with van der Waals surface area (Å²) in [7, 11) is 0. The topological polar surface area (TPSA) is 6.48 Å². The number of nitrogens with zero attached hydrogens (tertiary/aromatic N) is 2. The minimum absolute atomic E-state index is 0.463. The normalized spacial score (nSPS) is 18.6. The molecule has 1 fully saturated rings. The molecular weight excluding hydrogens is 246 g/mol. The van der Waals surface area contributed by atoms with E-state index < -0.39 is 11.6 Å². The molecule has 0 aromatic heterocycles. The van der Waals surface area contributed by atoms with Crippen molar-refractivity contribution in [2.75, 3.05) is 31.1 Å². The Morgan fingerprint density at radius 3 is 2.42 bits per heavy atom. The van der Waals surface area contributed by atoms with Crippen molar-refractivity contribution >= 4 is 5.69 Å². The molecule has 0 N–H and O–H groups in total. The van der Waals surface area contributed by atoms with Crippen LogP contribution in [0.4, 0.5) is 14.5 Å². The van der Waals surface area contributed by atoms with Crippen LogP contribution < -0.4 is 4.90 Å². The molecule has 2 nitrogen and oxygen atoms in total. The largest absolute Gasteiger partial charge is 0.367 e. The molecule has 4 heteroatoms. The van der Waals surface area contributed by atoms with Crippen LogP contribution >= 0.6 is 0 Å². The van der Waals surface area contributed by atoms with E-state index in [4.69, 9.17) is 0 Å². The summed E-state index contributed by atoms with van der Waals surface area (Å²) in [5.74, 6) is -0.980. The Labute approximate surface area is 114 Å². The lowest BCUT2D eigenvalue weighted by Gasteiger charge is -2.39. The highest BCUT2D eigenvalue weighted by atomic mass is 19.1. The van der Waals surface area contributed by atoms with E-state index in [1.807, 2.05) is 4.90 Å². The molecule has 0 aliphatic carbocycles. The van der Waals surface area contributed by atoms with E-state index in [0.29, 0.717) is 11.7 Å². The van der Waals surface area contributed by atoms with Gasteiger partial charge in [-0.05, 0) is 25.5 Å². The highest BCUT2D eigenvalue weighted by Gasteiger charge is 2.22. The van der Waals surface area contributed by atoms with Gasteiger partial charge in [0.1, 0.15) is 11.6 Å². The molecule has 0 spiro atoms. The van der Waals surface area contributed by atoms with E-state index in [2.05, 4.69) is 18.7 Å². The van der Waals surface area contributed by atoms with Crippen LogP contribution in [0.3, 0.4) is 0 Å². The van der Waals surface area contributed by atoms with E-state index in [0.717, 1.165) is 32.2 Å². The van der Waals surface area contributed by atoms with Crippen molar-refractivity contribution < 1.29 is 8.78 Å². The van der Waals surface area contributed by atoms with Crippen molar-refractivity contribution in [1.82, 2.24) is 4.90 Å². The molecule has 1 aromatic rings. The summed E-state index contributed by atoms with van der Waals surface area (Å²) < 4.78 is 26.6. The van der Waals surface area contributed by atoms with Gasteiger partial charge in [-0.2, -0.15) is 0 Å². The first-order valence-corrected chi connectivity index (χ1v) is 7.06. The lowest BCUT2D eigenvalue weighted by molar-refractivity contribution is 0.187. The maximum atomic E-state index is 13.7. The van der Waals surface area contributed by atoms with Crippen molar-refractivity contribution in [3.8, 4) is 0 Å². The molecule has 1 atom stereocenters. The van der Waals surface area contributed by atoms with Gasteiger partial charge in [-0.15, -0.1) is 0 Å². The molecule has 0 saturated carbocycles. The van der Waals surface area contributed by atoms with Crippen LogP contribution in [0.1, 0.15) is 26.7 Å². The van der Waals surface area contributed by atoms with Gasteiger partial charge in [0.2, 0.25) is 0 Å². The van der Waals surface area contributed by atoms with Crippen LogP contribution in [0.25, 0.3) is 0 Å². The van der Waals surface area contributed by atoms with E-state index in [1.165, 1.54) is 25.0 Å². The average molecular weight is 268 g/mol. The standard InChI is InChI=1S/C15H22F2N2/c1-3-4-12(2)18-7-9-19(10-8-18)15-6-5-13(16)11-14(15)17/h5-6,11-12H,3-4,7-10H2,1-2H3. The molecule has 0 amide bonds. The van der Waals surface area contributed by atoms with Crippen molar-refractivity contribution in [3.05, 3.63) is 29.8 Å². The number of piperazine rings is 1. The second-order valence-corrected chi connectivity index (χ2v) is 5.26. The zero-order valence-electron chi connectivity index (χ0n) is 11.7. The van der Waals surface area contributed by atoms with Gasteiger partial charge >= 0.3 is 0 Å². The summed E-state index contributed by atoms with van der Waals surface area (Å²) in [6, 6.07) is 4.41. The fourth-order valence-corrected chi connectivity index (χ4v) is 2.74. The highest BCUT2D eigenvalue weighted by molar-refractivity contribution is 5.48. The lowest BCUT2D eigenvalue weighted by atomic mass is 10.1. The summed E-state index contributed by atoms with van der Waals surface area (Å²) in [4.78, 5) is 4.45. The Balaban J connectivity index is 1.96. The molecular formula is C15H22F2N2. The summed E-state index contributed by atoms with van der Waals surface area (Å²) in [6.07, 6.45) is 2.39. The number of anilines is 1. The van der Waals surface area contributed by atoms with Gasteiger partial charge in [-0.25, -0.2) is 8.78 Å². The highest BCUT2D eigenvalue weighted by Crippen LogP contribution is 2.22. The molecule has 1 saturated heterocycles. The van der Waals surface area contributed by atoms with Gasteiger partial charge in [0.15, 0.2) is 0 Å². The maximum absolute atomic E-state index is 13.7. The first kappa shape index (κ1) is 14.3. The van der Waals surface area contributed by atoms with Gasteiger partial charge in [0.25, 0.3) is 0 Å².